The molecule has 0 spiro atoms. The molecule has 1 saturated heterocycles. The van der Waals surface area contributed by atoms with Crippen LogP contribution in [0, 0.1) is 5.92 Å². The largest absolute Gasteiger partial charge is 0.330 e. The van der Waals surface area contributed by atoms with Crippen molar-refractivity contribution in [2.75, 3.05) is 31.9 Å². The first-order chi connectivity index (χ1) is 7.57. The van der Waals surface area contributed by atoms with E-state index in [2.05, 4.69) is 37.4 Å². The van der Waals surface area contributed by atoms with Crippen LogP contribution in [0.2, 0.25) is 0 Å². The zero-order chi connectivity index (χ0) is 12.0. The monoisotopic (exact) mass is 244 g/mol. The first-order valence-corrected chi connectivity index (χ1v) is 7.62. The highest BCUT2D eigenvalue weighted by molar-refractivity contribution is 8.00. The van der Waals surface area contributed by atoms with E-state index >= 15 is 0 Å². The Balaban J connectivity index is 2.36. The molecule has 0 aromatic heterocycles. The molecular formula is C13H28N2S. The Labute approximate surface area is 105 Å². The van der Waals surface area contributed by atoms with E-state index in [0.29, 0.717) is 10.7 Å². The van der Waals surface area contributed by atoms with E-state index in [0.717, 1.165) is 6.54 Å². The molecule has 0 bridgehead atoms. The molecule has 0 amide bonds. The van der Waals surface area contributed by atoms with Crippen molar-refractivity contribution < 1.29 is 0 Å². The molecule has 2 nitrogen and oxygen atoms in total. The average Bonchev–Trinajstić information content (AvgIpc) is 2.40. The van der Waals surface area contributed by atoms with Crippen molar-refractivity contribution in [2.24, 2.45) is 11.7 Å². The first-order valence-electron chi connectivity index (χ1n) is 6.64. The van der Waals surface area contributed by atoms with Crippen molar-refractivity contribution >= 4 is 11.8 Å². The molecular weight excluding hydrogens is 216 g/mol. The molecule has 0 radical (unpaired) electrons. The Kier molecular flexibility index (Phi) is 6.16. The minimum absolute atomic E-state index is 0.470. The fourth-order valence-corrected chi connectivity index (χ4v) is 3.44. The minimum Gasteiger partial charge on any atom is -0.330 e. The maximum absolute atomic E-state index is 5.84. The molecule has 1 fully saturated rings. The molecule has 3 heteroatoms. The van der Waals surface area contributed by atoms with E-state index in [1.807, 2.05) is 0 Å². The molecule has 2 N–H and O–H groups in total. The van der Waals surface area contributed by atoms with Gasteiger partial charge in [-0.25, -0.2) is 0 Å². The summed E-state index contributed by atoms with van der Waals surface area (Å²) in [5, 5.41) is 0. The SMILES string of the molecule is CCCC(CN)CN1CCSC(C)(C)CC1. The highest BCUT2D eigenvalue weighted by Crippen LogP contribution is 2.30. The van der Waals surface area contributed by atoms with Crippen LogP contribution < -0.4 is 5.73 Å². The second kappa shape index (κ2) is 6.87. The van der Waals surface area contributed by atoms with Crippen LogP contribution in [-0.2, 0) is 0 Å². The van der Waals surface area contributed by atoms with Gasteiger partial charge in [0.1, 0.15) is 0 Å². The van der Waals surface area contributed by atoms with Gasteiger partial charge in [0.25, 0.3) is 0 Å². The summed E-state index contributed by atoms with van der Waals surface area (Å²) in [6, 6.07) is 0. The van der Waals surface area contributed by atoms with Crippen LogP contribution in [0.3, 0.4) is 0 Å². The lowest BCUT2D eigenvalue weighted by Crippen LogP contribution is -2.35. The molecule has 1 aliphatic rings. The van der Waals surface area contributed by atoms with Crippen LogP contribution in [0.25, 0.3) is 0 Å². The van der Waals surface area contributed by atoms with Crippen molar-refractivity contribution in [1.29, 1.82) is 0 Å². The van der Waals surface area contributed by atoms with Gasteiger partial charge in [-0.1, -0.05) is 27.2 Å². The Morgan fingerprint density at radius 3 is 2.75 bits per heavy atom. The van der Waals surface area contributed by atoms with Gasteiger partial charge in [-0.05, 0) is 31.8 Å². The summed E-state index contributed by atoms with van der Waals surface area (Å²) < 4.78 is 0.470. The summed E-state index contributed by atoms with van der Waals surface area (Å²) in [7, 11) is 0. The minimum atomic E-state index is 0.470. The maximum Gasteiger partial charge on any atom is 0.0116 e. The van der Waals surface area contributed by atoms with Crippen molar-refractivity contribution in [3.05, 3.63) is 0 Å². The maximum atomic E-state index is 5.84. The highest BCUT2D eigenvalue weighted by Gasteiger charge is 2.24. The number of hydrogen-bond donors (Lipinski definition) is 1. The lowest BCUT2D eigenvalue weighted by molar-refractivity contribution is 0.234. The summed E-state index contributed by atoms with van der Waals surface area (Å²) in [6.45, 7) is 11.5. The molecule has 1 heterocycles. The van der Waals surface area contributed by atoms with Crippen molar-refractivity contribution in [3.8, 4) is 0 Å². The third-order valence-electron chi connectivity index (χ3n) is 3.48. The number of rotatable bonds is 5. The van der Waals surface area contributed by atoms with Crippen LogP contribution in [0.5, 0.6) is 0 Å². The molecule has 0 aliphatic carbocycles. The van der Waals surface area contributed by atoms with E-state index in [9.17, 15) is 0 Å². The fraction of sp³-hybridized carbons (Fsp3) is 1.00. The zero-order valence-electron chi connectivity index (χ0n) is 11.2. The normalized spacial score (nSPS) is 24.0. The van der Waals surface area contributed by atoms with Crippen LogP contribution in [0.4, 0.5) is 0 Å². The van der Waals surface area contributed by atoms with Gasteiger partial charge in [0, 0.05) is 23.6 Å². The van der Waals surface area contributed by atoms with Crippen molar-refractivity contribution in [1.82, 2.24) is 4.90 Å². The lowest BCUT2D eigenvalue weighted by Gasteiger charge is -2.26. The topological polar surface area (TPSA) is 29.3 Å². The van der Waals surface area contributed by atoms with Crippen LogP contribution in [0.1, 0.15) is 40.0 Å². The summed E-state index contributed by atoms with van der Waals surface area (Å²) in [5.74, 6) is 1.98. The standard InChI is InChI=1S/C13H28N2S/c1-4-5-12(10-14)11-15-7-6-13(2,3)16-9-8-15/h12H,4-11,14H2,1-3H3. The zero-order valence-corrected chi connectivity index (χ0v) is 12.0. The van der Waals surface area contributed by atoms with Gasteiger partial charge in [0.2, 0.25) is 0 Å². The molecule has 0 saturated carbocycles. The van der Waals surface area contributed by atoms with E-state index in [1.54, 1.807) is 0 Å². The third kappa shape index (κ3) is 5.07. The average molecular weight is 244 g/mol. The van der Waals surface area contributed by atoms with Gasteiger partial charge < -0.3 is 10.6 Å². The number of nitrogens with two attached hydrogens (primary N) is 1. The Morgan fingerprint density at radius 1 is 1.38 bits per heavy atom. The molecule has 0 aromatic rings. The second-order valence-corrected chi connectivity index (χ2v) is 7.35. The molecule has 1 aliphatic heterocycles. The van der Waals surface area contributed by atoms with E-state index < -0.39 is 0 Å². The predicted octanol–water partition coefficient (Wildman–Crippen LogP) is 2.58. The van der Waals surface area contributed by atoms with Gasteiger partial charge in [-0.2, -0.15) is 11.8 Å². The summed E-state index contributed by atoms with van der Waals surface area (Å²) in [4.78, 5) is 2.62. The quantitative estimate of drug-likeness (QED) is 0.806. The fourth-order valence-electron chi connectivity index (χ4n) is 2.30. The smallest absolute Gasteiger partial charge is 0.0116 e. The van der Waals surface area contributed by atoms with Crippen LogP contribution >= 0.6 is 11.8 Å². The molecule has 1 unspecified atom stereocenters. The summed E-state index contributed by atoms with van der Waals surface area (Å²) in [5.41, 5.74) is 5.84. The molecule has 96 valence electrons. The second-order valence-electron chi connectivity index (χ2n) is 5.55. The first kappa shape index (κ1) is 14.3. The molecule has 1 rings (SSSR count). The van der Waals surface area contributed by atoms with Crippen LogP contribution in [-0.4, -0.2) is 41.6 Å². The Hall–Kier alpha value is 0.270. The van der Waals surface area contributed by atoms with E-state index in [4.69, 9.17) is 5.73 Å². The number of thioether (sulfide) groups is 1. The van der Waals surface area contributed by atoms with Crippen molar-refractivity contribution in [2.45, 2.75) is 44.8 Å². The highest BCUT2D eigenvalue weighted by atomic mass is 32.2. The van der Waals surface area contributed by atoms with E-state index in [1.165, 1.54) is 44.6 Å². The third-order valence-corrected chi connectivity index (χ3v) is 4.85. The number of nitrogens with zero attached hydrogens (tertiary/aromatic N) is 1. The van der Waals surface area contributed by atoms with Crippen molar-refractivity contribution in [3.63, 3.8) is 0 Å². The van der Waals surface area contributed by atoms with Crippen LogP contribution in [0.15, 0.2) is 0 Å². The summed E-state index contributed by atoms with van der Waals surface area (Å²) >= 11 is 2.12. The van der Waals surface area contributed by atoms with Gasteiger partial charge in [0.05, 0.1) is 0 Å². The van der Waals surface area contributed by atoms with Gasteiger partial charge in [-0.15, -0.1) is 0 Å². The Morgan fingerprint density at radius 2 is 2.12 bits per heavy atom. The van der Waals surface area contributed by atoms with Gasteiger partial charge in [0.15, 0.2) is 0 Å². The lowest BCUT2D eigenvalue weighted by atomic mass is 10.0. The predicted molar refractivity (Wildman–Crippen MR) is 75.0 cm³/mol. The summed E-state index contributed by atoms with van der Waals surface area (Å²) in [6.07, 6.45) is 3.85. The van der Waals surface area contributed by atoms with E-state index in [-0.39, 0.29) is 0 Å². The number of hydrogen-bond acceptors (Lipinski definition) is 3. The van der Waals surface area contributed by atoms with Gasteiger partial charge in [-0.3, -0.25) is 0 Å². The molecule has 0 aromatic carbocycles. The Bertz CT molecular complexity index is 194. The van der Waals surface area contributed by atoms with Gasteiger partial charge >= 0.3 is 0 Å². The molecule has 16 heavy (non-hydrogen) atoms. The molecule has 1 atom stereocenters.